The van der Waals surface area contributed by atoms with Crippen molar-refractivity contribution in [3.63, 3.8) is 0 Å². The van der Waals surface area contributed by atoms with Gasteiger partial charge in [-0.2, -0.15) is 0 Å². The highest BCUT2D eigenvalue weighted by atomic mass is 79.9. The molecular formula is C11H7BrFNO4. The third-order valence-corrected chi connectivity index (χ3v) is 2.98. The smallest absolute Gasteiger partial charge is 0.325 e. The quantitative estimate of drug-likeness (QED) is 0.781. The molecule has 1 aromatic rings. The Labute approximate surface area is 110 Å². The highest BCUT2D eigenvalue weighted by Crippen LogP contribution is 2.18. The molecule has 5 nitrogen and oxygen atoms in total. The maximum Gasteiger partial charge on any atom is 0.364 e. The number of carbonyl (C=O) groups is 3. The fourth-order valence-electron chi connectivity index (χ4n) is 1.42. The lowest BCUT2D eigenvalue weighted by Crippen LogP contribution is -2.32. The second-order valence-corrected chi connectivity index (χ2v) is 4.44. The van der Waals surface area contributed by atoms with Crippen LogP contribution in [0.3, 0.4) is 0 Å². The molecule has 1 aromatic carbocycles. The molecular weight excluding hydrogens is 309 g/mol. The Bertz CT molecular complexity index is 530. The predicted octanol–water partition coefficient (Wildman–Crippen LogP) is 1.81. The molecule has 0 aliphatic carbocycles. The van der Waals surface area contributed by atoms with Crippen LogP contribution in [-0.4, -0.2) is 22.8 Å². The van der Waals surface area contributed by atoms with E-state index in [4.69, 9.17) is 0 Å². The number of carbonyl (C=O) groups excluding carboxylic acids is 3. The molecule has 1 saturated heterocycles. The minimum atomic E-state index is -0.954. The van der Waals surface area contributed by atoms with Crippen LogP contribution in [0.25, 0.3) is 0 Å². The molecule has 0 aromatic heterocycles. The molecule has 1 heterocycles. The molecule has 0 radical (unpaired) electrons. The summed E-state index contributed by atoms with van der Waals surface area (Å²) >= 11 is 2.94. The van der Waals surface area contributed by atoms with Gasteiger partial charge >= 0.3 is 5.97 Å². The van der Waals surface area contributed by atoms with Crippen molar-refractivity contribution in [2.45, 2.75) is 12.8 Å². The third kappa shape index (κ3) is 2.40. The van der Waals surface area contributed by atoms with E-state index >= 15 is 0 Å². The molecule has 0 saturated carbocycles. The number of benzene rings is 1. The van der Waals surface area contributed by atoms with E-state index in [2.05, 4.69) is 20.8 Å². The minimum Gasteiger partial charge on any atom is -0.325 e. The number of nitrogens with zero attached hydrogens (tertiary/aromatic N) is 1. The summed E-state index contributed by atoms with van der Waals surface area (Å²) in [5.41, 5.74) is -0.0804. The monoisotopic (exact) mass is 315 g/mol. The van der Waals surface area contributed by atoms with Crippen LogP contribution in [0.4, 0.5) is 4.39 Å². The first-order chi connectivity index (χ1) is 8.49. The van der Waals surface area contributed by atoms with Gasteiger partial charge in [-0.3, -0.25) is 9.59 Å². The summed E-state index contributed by atoms with van der Waals surface area (Å²) in [6.07, 6.45) is 0.0294. The molecule has 0 atom stereocenters. The number of hydrogen-bond donors (Lipinski definition) is 0. The summed E-state index contributed by atoms with van der Waals surface area (Å²) in [4.78, 5) is 38.7. The van der Waals surface area contributed by atoms with E-state index in [0.29, 0.717) is 5.06 Å². The molecule has 1 aliphatic rings. The van der Waals surface area contributed by atoms with Gasteiger partial charge in [0.15, 0.2) is 0 Å². The van der Waals surface area contributed by atoms with E-state index in [0.717, 1.165) is 6.07 Å². The molecule has 0 N–H and O–H groups in total. The van der Waals surface area contributed by atoms with E-state index in [1.165, 1.54) is 12.1 Å². The predicted molar refractivity (Wildman–Crippen MR) is 60.6 cm³/mol. The van der Waals surface area contributed by atoms with Crippen molar-refractivity contribution in [1.29, 1.82) is 0 Å². The maximum atomic E-state index is 13.2. The Hall–Kier alpha value is -1.76. The van der Waals surface area contributed by atoms with E-state index in [-0.39, 0.29) is 22.9 Å². The Kier molecular flexibility index (Phi) is 3.42. The Morgan fingerprint density at radius 1 is 1.28 bits per heavy atom. The standard InChI is InChI=1S/C11H7BrFNO4/c12-7-2-1-6(5-8(7)13)11(17)18-14-9(15)3-4-10(14)16/h1-2,5H,3-4H2. The van der Waals surface area contributed by atoms with Crippen molar-refractivity contribution in [2.24, 2.45) is 0 Å². The van der Waals surface area contributed by atoms with Crippen LogP contribution in [0.1, 0.15) is 23.2 Å². The molecule has 1 aliphatic heterocycles. The number of halogens is 2. The molecule has 1 fully saturated rings. The summed E-state index contributed by atoms with van der Waals surface area (Å²) in [5.74, 6) is -2.75. The molecule has 0 spiro atoms. The van der Waals surface area contributed by atoms with Gasteiger partial charge in [0.25, 0.3) is 11.8 Å². The van der Waals surface area contributed by atoms with Crippen LogP contribution in [-0.2, 0) is 14.4 Å². The SMILES string of the molecule is O=C(ON1C(=O)CCC1=O)c1ccc(Br)c(F)c1. The van der Waals surface area contributed by atoms with Crippen LogP contribution in [0.2, 0.25) is 0 Å². The van der Waals surface area contributed by atoms with Crippen molar-refractivity contribution in [3.8, 4) is 0 Å². The average molecular weight is 316 g/mol. The Morgan fingerprint density at radius 2 is 1.89 bits per heavy atom. The van der Waals surface area contributed by atoms with E-state index < -0.39 is 23.6 Å². The van der Waals surface area contributed by atoms with Crippen LogP contribution in [0, 0.1) is 5.82 Å². The maximum absolute atomic E-state index is 13.2. The lowest BCUT2D eigenvalue weighted by molar-refractivity contribution is -0.172. The van der Waals surface area contributed by atoms with E-state index in [1.807, 2.05) is 0 Å². The lowest BCUT2D eigenvalue weighted by atomic mass is 10.2. The summed E-state index contributed by atoms with van der Waals surface area (Å²) in [6, 6.07) is 3.61. The van der Waals surface area contributed by atoms with Crippen molar-refractivity contribution in [3.05, 3.63) is 34.1 Å². The lowest BCUT2D eigenvalue weighted by Gasteiger charge is -2.12. The van der Waals surface area contributed by atoms with Gasteiger partial charge in [-0.1, -0.05) is 0 Å². The molecule has 0 bridgehead atoms. The third-order valence-electron chi connectivity index (χ3n) is 2.34. The minimum absolute atomic E-state index is 0.0147. The molecule has 2 amide bonds. The van der Waals surface area contributed by atoms with Gasteiger partial charge in [-0.05, 0) is 34.1 Å². The van der Waals surface area contributed by atoms with Gasteiger partial charge in [0.1, 0.15) is 5.82 Å². The van der Waals surface area contributed by atoms with Crippen molar-refractivity contribution in [2.75, 3.05) is 0 Å². The normalized spacial score (nSPS) is 15.1. The fourth-order valence-corrected chi connectivity index (χ4v) is 1.66. The number of hydrogen-bond acceptors (Lipinski definition) is 4. The van der Waals surface area contributed by atoms with Gasteiger partial charge < -0.3 is 4.84 Å². The van der Waals surface area contributed by atoms with Gasteiger partial charge in [-0.15, -0.1) is 5.06 Å². The molecule has 94 valence electrons. The van der Waals surface area contributed by atoms with Crippen molar-refractivity contribution >= 4 is 33.7 Å². The molecule has 18 heavy (non-hydrogen) atoms. The van der Waals surface area contributed by atoms with E-state index in [9.17, 15) is 18.8 Å². The average Bonchev–Trinajstić information content (AvgIpc) is 2.64. The summed E-state index contributed by atoms with van der Waals surface area (Å²) < 4.78 is 13.4. The first-order valence-corrected chi connectivity index (χ1v) is 5.81. The molecule has 7 heteroatoms. The zero-order valence-electron chi connectivity index (χ0n) is 8.98. The van der Waals surface area contributed by atoms with Crippen molar-refractivity contribution in [1.82, 2.24) is 5.06 Å². The summed E-state index contributed by atoms with van der Waals surface area (Å²) in [7, 11) is 0. The second kappa shape index (κ2) is 4.85. The van der Waals surface area contributed by atoms with Crippen LogP contribution in [0.5, 0.6) is 0 Å². The zero-order chi connectivity index (χ0) is 13.3. The summed E-state index contributed by atoms with van der Waals surface area (Å²) in [6.45, 7) is 0. The van der Waals surface area contributed by atoms with Crippen LogP contribution < -0.4 is 0 Å². The van der Waals surface area contributed by atoms with Crippen LogP contribution in [0.15, 0.2) is 22.7 Å². The number of hydroxylamine groups is 2. The first kappa shape index (κ1) is 12.7. The second-order valence-electron chi connectivity index (χ2n) is 3.59. The van der Waals surface area contributed by atoms with Crippen molar-refractivity contribution < 1.29 is 23.6 Å². The van der Waals surface area contributed by atoms with Gasteiger partial charge in [0.05, 0.1) is 10.0 Å². The largest absolute Gasteiger partial charge is 0.364 e. The van der Waals surface area contributed by atoms with Crippen LogP contribution >= 0.6 is 15.9 Å². The highest BCUT2D eigenvalue weighted by Gasteiger charge is 2.33. The zero-order valence-corrected chi connectivity index (χ0v) is 10.6. The molecule has 0 unspecified atom stereocenters. The Balaban J connectivity index is 2.14. The summed E-state index contributed by atoms with van der Waals surface area (Å²) in [5, 5.41) is 0.419. The van der Waals surface area contributed by atoms with Gasteiger partial charge in [0, 0.05) is 12.8 Å². The fraction of sp³-hybridized carbons (Fsp3) is 0.182. The highest BCUT2D eigenvalue weighted by molar-refractivity contribution is 9.10. The number of amides is 2. The number of rotatable bonds is 2. The Morgan fingerprint density at radius 3 is 2.44 bits per heavy atom. The van der Waals surface area contributed by atoms with Gasteiger partial charge in [-0.25, -0.2) is 9.18 Å². The van der Waals surface area contributed by atoms with E-state index in [1.54, 1.807) is 0 Å². The number of imide groups is 1. The van der Waals surface area contributed by atoms with Gasteiger partial charge in [0.2, 0.25) is 0 Å². The topological polar surface area (TPSA) is 63.7 Å². The first-order valence-electron chi connectivity index (χ1n) is 5.02. The molecule has 2 rings (SSSR count).